The van der Waals surface area contributed by atoms with Crippen LogP contribution >= 0.6 is 0 Å². The maximum Gasteiger partial charge on any atom is 0.322 e. The zero-order valence-electron chi connectivity index (χ0n) is 18.6. The van der Waals surface area contributed by atoms with Gasteiger partial charge in [0.15, 0.2) is 11.7 Å². The molecule has 1 heterocycles. The van der Waals surface area contributed by atoms with Gasteiger partial charge in [0.2, 0.25) is 11.8 Å². The van der Waals surface area contributed by atoms with Gasteiger partial charge in [-0.2, -0.15) is 0 Å². The smallest absolute Gasteiger partial charge is 0.322 e. The third-order valence-corrected chi connectivity index (χ3v) is 5.60. The normalized spacial score (nSPS) is 16.7. The van der Waals surface area contributed by atoms with Gasteiger partial charge in [-0.05, 0) is 27.7 Å². The molecule has 1 unspecified atom stereocenters. The number of carbonyl (C=O) groups is 4. The van der Waals surface area contributed by atoms with Gasteiger partial charge < -0.3 is 15.3 Å². The average molecular weight is 437 g/mol. The molecule has 1 atom stereocenters. The molecule has 1 aliphatic heterocycles. The SMILES string of the molecule is CC(C)(C)c1ccc(-c2ccc(CN3CCC(=O)C(C(=O)NCC(=O)O)C3=O)cc2)cc1. The number of rotatable bonds is 6. The molecule has 1 aliphatic rings. The van der Waals surface area contributed by atoms with Gasteiger partial charge in [-0.15, -0.1) is 0 Å². The number of carboxylic acid groups (broad SMARTS) is 1. The summed E-state index contributed by atoms with van der Waals surface area (Å²) in [5.41, 5.74) is 4.39. The number of carboxylic acids is 1. The van der Waals surface area contributed by atoms with E-state index in [-0.39, 0.29) is 24.9 Å². The summed E-state index contributed by atoms with van der Waals surface area (Å²) >= 11 is 0. The van der Waals surface area contributed by atoms with Gasteiger partial charge >= 0.3 is 5.97 Å². The van der Waals surface area contributed by atoms with Crippen LogP contribution in [0.25, 0.3) is 11.1 Å². The lowest BCUT2D eigenvalue weighted by Crippen LogP contribution is -2.52. The number of nitrogens with zero attached hydrogens (tertiary/aromatic N) is 1. The molecular formula is C25H28N2O5. The van der Waals surface area contributed by atoms with Crippen molar-refractivity contribution in [1.82, 2.24) is 10.2 Å². The van der Waals surface area contributed by atoms with E-state index in [0.717, 1.165) is 16.7 Å². The van der Waals surface area contributed by atoms with Crippen molar-refractivity contribution in [3.63, 3.8) is 0 Å². The lowest BCUT2D eigenvalue weighted by molar-refractivity contribution is -0.152. The Balaban J connectivity index is 1.68. The summed E-state index contributed by atoms with van der Waals surface area (Å²) in [5, 5.41) is 10.8. The quantitative estimate of drug-likeness (QED) is 0.678. The van der Waals surface area contributed by atoms with Gasteiger partial charge in [0.1, 0.15) is 6.54 Å². The predicted octanol–water partition coefficient (Wildman–Crippen LogP) is 2.77. The summed E-state index contributed by atoms with van der Waals surface area (Å²) in [5.74, 6) is -4.65. The molecule has 7 heteroatoms. The minimum Gasteiger partial charge on any atom is -0.480 e. The zero-order chi connectivity index (χ0) is 23.5. The Morgan fingerprint density at radius 3 is 2.09 bits per heavy atom. The Kier molecular flexibility index (Phi) is 6.77. The minimum absolute atomic E-state index is 0.0646. The molecule has 0 radical (unpaired) electrons. The second-order valence-corrected chi connectivity index (χ2v) is 9.04. The van der Waals surface area contributed by atoms with Crippen LogP contribution in [-0.4, -0.2) is 46.7 Å². The van der Waals surface area contributed by atoms with E-state index in [1.54, 1.807) is 0 Å². The van der Waals surface area contributed by atoms with Crippen molar-refractivity contribution in [3.05, 3.63) is 59.7 Å². The number of benzene rings is 2. The number of likely N-dealkylation sites (tertiary alicyclic amines) is 1. The monoisotopic (exact) mass is 436 g/mol. The molecular weight excluding hydrogens is 408 g/mol. The average Bonchev–Trinajstić information content (AvgIpc) is 2.74. The van der Waals surface area contributed by atoms with Crippen LogP contribution in [-0.2, 0) is 31.1 Å². The Hall–Kier alpha value is -3.48. The first-order valence-electron chi connectivity index (χ1n) is 10.6. The number of ketones is 1. The van der Waals surface area contributed by atoms with Crippen LogP contribution in [0, 0.1) is 5.92 Å². The molecule has 2 aromatic carbocycles. The number of carbonyl (C=O) groups excluding carboxylic acids is 3. The molecule has 32 heavy (non-hydrogen) atoms. The third-order valence-electron chi connectivity index (χ3n) is 5.60. The van der Waals surface area contributed by atoms with Crippen LogP contribution in [0.5, 0.6) is 0 Å². The lowest BCUT2D eigenvalue weighted by Gasteiger charge is -2.30. The summed E-state index contributed by atoms with van der Waals surface area (Å²) in [6.07, 6.45) is 0.0646. The van der Waals surface area contributed by atoms with Gasteiger partial charge in [0.05, 0.1) is 0 Å². The first-order chi connectivity index (χ1) is 15.1. The van der Waals surface area contributed by atoms with Gasteiger partial charge in [0, 0.05) is 19.5 Å². The number of amides is 2. The number of nitrogens with one attached hydrogen (secondary N) is 1. The summed E-state index contributed by atoms with van der Waals surface area (Å²) in [6, 6.07) is 16.3. The van der Waals surface area contributed by atoms with Crippen LogP contribution in [0.1, 0.15) is 38.3 Å². The van der Waals surface area contributed by atoms with Crippen LogP contribution in [0.2, 0.25) is 0 Å². The second kappa shape index (κ2) is 9.34. The van der Waals surface area contributed by atoms with Crippen LogP contribution < -0.4 is 5.32 Å². The van der Waals surface area contributed by atoms with Crippen LogP contribution in [0.4, 0.5) is 0 Å². The summed E-state index contributed by atoms with van der Waals surface area (Å²) in [6.45, 7) is 6.40. The van der Waals surface area contributed by atoms with E-state index >= 15 is 0 Å². The van der Waals surface area contributed by atoms with Crippen molar-refractivity contribution in [2.24, 2.45) is 5.92 Å². The van der Waals surface area contributed by atoms with Crippen molar-refractivity contribution in [2.75, 3.05) is 13.1 Å². The van der Waals surface area contributed by atoms with Gasteiger partial charge in [-0.25, -0.2) is 0 Å². The molecule has 2 N–H and O–H groups in total. The van der Waals surface area contributed by atoms with Crippen molar-refractivity contribution in [2.45, 2.75) is 39.2 Å². The fourth-order valence-corrected chi connectivity index (χ4v) is 3.69. The second-order valence-electron chi connectivity index (χ2n) is 9.04. The largest absolute Gasteiger partial charge is 0.480 e. The summed E-state index contributed by atoms with van der Waals surface area (Å²) in [7, 11) is 0. The van der Waals surface area contributed by atoms with E-state index in [0.29, 0.717) is 0 Å². The van der Waals surface area contributed by atoms with Crippen LogP contribution in [0.3, 0.4) is 0 Å². The van der Waals surface area contributed by atoms with Gasteiger partial charge in [-0.1, -0.05) is 69.3 Å². The van der Waals surface area contributed by atoms with E-state index in [2.05, 4.69) is 50.4 Å². The molecule has 0 saturated carbocycles. The summed E-state index contributed by atoms with van der Waals surface area (Å²) < 4.78 is 0. The number of Topliss-reactive ketones (excluding diaryl/α,β-unsaturated/α-hetero) is 1. The minimum atomic E-state index is -1.48. The highest BCUT2D eigenvalue weighted by molar-refractivity contribution is 6.19. The molecule has 3 rings (SSSR count). The fourth-order valence-electron chi connectivity index (χ4n) is 3.69. The van der Waals surface area contributed by atoms with Gasteiger partial charge in [0.25, 0.3) is 0 Å². The van der Waals surface area contributed by atoms with E-state index in [4.69, 9.17) is 5.11 Å². The number of hydrogen-bond donors (Lipinski definition) is 2. The Bertz CT molecular complexity index is 1020. The van der Waals surface area contributed by atoms with Crippen molar-refractivity contribution < 1.29 is 24.3 Å². The molecule has 1 fully saturated rings. The van der Waals surface area contributed by atoms with Crippen molar-refractivity contribution >= 4 is 23.6 Å². The molecule has 1 saturated heterocycles. The number of hydrogen-bond acceptors (Lipinski definition) is 4. The number of aliphatic carboxylic acids is 1. The maximum absolute atomic E-state index is 12.7. The standard InChI is InChI=1S/C25H28N2O5/c1-25(2,3)19-10-8-18(9-11-19)17-6-4-16(5-7-17)15-27-13-12-20(28)22(24(27)32)23(31)26-14-21(29)30/h4-11,22H,12-15H2,1-3H3,(H,26,31)(H,29,30). The third kappa shape index (κ3) is 5.41. The highest BCUT2D eigenvalue weighted by Gasteiger charge is 2.40. The lowest BCUT2D eigenvalue weighted by atomic mass is 9.86. The highest BCUT2D eigenvalue weighted by Crippen LogP contribution is 2.27. The van der Waals surface area contributed by atoms with E-state index in [1.165, 1.54) is 10.5 Å². The molecule has 0 aromatic heterocycles. The molecule has 0 bridgehead atoms. The molecule has 2 amide bonds. The fraction of sp³-hybridized carbons (Fsp3) is 0.360. The zero-order valence-corrected chi connectivity index (χ0v) is 18.6. The summed E-state index contributed by atoms with van der Waals surface area (Å²) in [4.78, 5) is 49.1. The van der Waals surface area contributed by atoms with Gasteiger partial charge in [-0.3, -0.25) is 19.2 Å². The Morgan fingerprint density at radius 2 is 1.56 bits per heavy atom. The molecule has 7 nitrogen and oxygen atoms in total. The van der Waals surface area contributed by atoms with Crippen molar-refractivity contribution in [1.29, 1.82) is 0 Å². The van der Waals surface area contributed by atoms with Crippen LogP contribution in [0.15, 0.2) is 48.5 Å². The highest BCUT2D eigenvalue weighted by atomic mass is 16.4. The molecule has 0 spiro atoms. The van der Waals surface area contributed by atoms with Crippen molar-refractivity contribution in [3.8, 4) is 11.1 Å². The predicted molar refractivity (Wildman–Crippen MR) is 120 cm³/mol. The molecule has 168 valence electrons. The Morgan fingerprint density at radius 1 is 1.00 bits per heavy atom. The maximum atomic E-state index is 12.7. The number of piperidine rings is 1. The first-order valence-corrected chi connectivity index (χ1v) is 10.6. The molecule has 0 aliphatic carbocycles. The Labute approximate surface area is 187 Å². The van der Waals surface area contributed by atoms with E-state index in [1.807, 2.05) is 24.3 Å². The topological polar surface area (TPSA) is 104 Å². The van der Waals surface area contributed by atoms with E-state index < -0.39 is 36.0 Å². The van der Waals surface area contributed by atoms with E-state index in [9.17, 15) is 19.2 Å². The first kappa shape index (κ1) is 23.2. The molecule has 2 aromatic rings.